The van der Waals surface area contributed by atoms with Crippen molar-refractivity contribution in [2.24, 2.45) is 5.73 Å². The van der Waals surface area contributed by atoms with Gasteiger partial charge < -0.3 is 11.1 Å². The van der Waals surface area contributed by atoms with Crippen LogP contribution in [0.15, 0.2) is 36.5 Å². The standard InChI is InChI=1S/C14H13F3N4O/c15-14(16,17)11-6-10(8-4-2-1-3-5-8)20-13-9(12(18)22)7-19-21(11)13/h1-5,7,10-11,20H,6H2,(H2,18,22). The summed E-state index contributed by atoms with van der Waals surface area (Å²) in [6.45, 7) is 0. The molecule has 1 aliphatic heterocycles. The van der Waals surface area contributed by atoms with E-state index in [-0.39, 0.29) is 17.8 Å². The van der Waals surface area contributed by atoms with Crippen molar-refractivity contribution in [1.29, 1.82) is 0 Å². The first-order chi connectivity index (χ1) is 10.4. The lowest BCUT2D eigenvalue weighted by molar-refractivity contribution is -0.173. The molecule has 2 aromatic rings. The Morgan fingerprint density at radius 2 is 2.00 bits per heavy atom. The van der Waals surface area contributed by atoms with Gasteiger partial charge in [-0.1, -0.05) is 30.3 Å². The summed E-state index contributed by atoms with van der Waals surface area (Å²) in [5.41, 5.74) is 5.87. The number of nitrogens with two attached hydrogens (primary N) is 1. The molecule has 0 aliphatic carbocycles. The molecule has 3 N–H and O–H groups in total. The van der Waals surface area contributed by atoms with Crippen molar-refractivity contribution in [2.45, 2.75) is 24.7 Å². The SMILES string of the molecule is NC(=O)c1cnn2c1NC(c1ccccc1)CC2C(F)(F)F. The van der Waals surface area contributed by atoms with Gasteiger partial charge in [0.2, 0.25) is 0 Å². The number of nitrogens with zero attached hydrogens (tertiary/aromatic N) is 2. The summed E-state index contributed by atoms with van der Waals surface area (Å²) >= 11 is 0. The second kappa shape index (κ2) is 5.04. The Morgan fingerprint density at radius 1 is 1.32 bits per heavy atom. The average molecular weight is 310 g/mol. The number of primary amides is 1. The number of anilines is 1. The van der Waals surface area contributed by atoms with Crippen molar-refractivity contribution in [3.8, 4) is 0 Å². The summed E-state index contributed by atoms with van der Waals surface area (Å²) in [5.74, 6) is -0.807. The molecular weight excluding hydrogens is 297 g/mol. The molecule has 0 saturated heterocycles. The largest absolute Gasteiger partial charge is 0.410 e. The molecule has 1 amide bonds. The van der Waals surface area contributed by atoms with E-state index in [1.165, 1.54) is 0 Å². The molecule has 3 rings (SSSR count). The minimum atomic E-state index is -4.47. The van der Waals surface area contributed by atoms with Crippen molar-refractivity contribution in [1.82, 2.24) is 9.78 Å². The van der Waals surface area contributed by atoms with Crippen molar-refractivity contribution in [2.75, 3.05) is 5.32 Å². The zero-order valence-corrected chi connectivity index (χ0v) is 11.3. The fourth-order valence-corrected chi connectivity index (χ4v) is 2.65. The van der Waals surface area contributed by atoms with Gasteiger partial charge in [-0.3, -0.25) is 4.79 Å². The molecule has 1 aromatic heterocycles. The Balaban J connectivity index is 2.07. The Bertz CT molecular complexity index is 696. The summed E-state index contributed by atoms with van der Waals surface area (Å²) in [4.78, 5) is 11.4. The lowest BCUT2D eigenvalue weighted by Gasteiger charge is -2.33. The highest BCUT2D eigenvalue weighted by molar-refractivity contribution is 5.97. The van der Waals surface area contributed by atoms with E-state index in [1.807, 2.05) is 0 Å². The van der Waals surface area contributed by atoms with Crippen LogP contribution in [0.2, 0.25) is 0 Å². The van der Waals surface area contributed by atoms with Crippen LogP contribution in [-0.4, -0.2) is 21.9 Å². The summed E-state index contributed by atoms with van der Waals surface area (Å²) in [7, 11) is 0. The zero-order valence-electron chi connectivity index (χ0n) is 11.3. The highest BCUT2D eigenvalue weighted by Gasteiger charge is 2.47. The van der Waals surface area contributed by atoms with Crippen LogP contribution < -0.4 is 11.1 Å². The molecule has 5 nitrogen and oxygen atoms in total. The predicted octanol–water partition coefficient (Wildman–Crippen LogP) is 2.64. The number of carbonyl (C=O) groups excluding carboxylic acids is 1. The van der Waals surface area contributed by atoms with Gasteiger partial charge in [-0.2, -0.15) is 18.3 Å². The molecule has 22 heavy (non-hydrogen) atoms. The lowest BCUT2D eigenvalue weighted by Crippen LogP contribution is -2.36. The number of alkyl halides is 3. The maximum Gasteiger partial charge on any atom is 0.410 e. The third-order valence-corrected chi connectivity index (χ3v) is 3.71. The van der Waals surface area contributed by atoms with Gasteiger partial charge in [0.05, 0.1) is 12.2 Å². The summed E-state index contributed by atoms with van der Waals surface area (Å²) in [6.07, 6.45) is -3.61. The number of hydrogen-bond donors (Lipinski definition) is 2. The van der Waals surface area contributed by atoms with E-state index in [1.54, 1.807) is 30.3 Å². The summed E-state index contributed by atoms with van der Waals surface area (Å²) < 4.78 is 40.7. The van der Waals surface area contributed by atoms with Gasteiger partial charge >= 0.3 is 6.18 Å². The maximum atomic E-state index is 13.3. The van der Waals surface area contributed by atoms with Crippen LogP contribution in [0, 0.1) is 0 Å². The Hall–Kier alpha value is -2.51. The van der Waals surface area contributed by atoms with E-state index in [4.69, 9.17) is 5.73 Å². The lowest BCUT2D eigenvalue weighted by atomic mass is 9.96. The third kappa shape index (κ3) is 2.40. The number of rotatable bonds is 2. The Labute approximate surface area is 123 Å². The number of benzene rings is 1. The predicted molar refractivity (Wildman–Crippen MR) is 73.3 cm³/mol. The molecule has 1 aromatic carbocycles. The molecular formula is C14H13F3N4O. The first kappa shape index (κ1) is 14.4. The first-order valence-electron chi connectivity index (χ1n) is 6.63. The van der Waals surface area contributed by atoms with E-state index >= 15 is 0 Å². The van der Waals surface area contributed by atoms with Gasteiger partial charge in [-0.25, -0.2) is 4.68 Å². The molecule has 1 aliphatic rings. The van der Waals surface area contributed by atoms with E-state index in [9.17, 15) is 18.0 Å². The average Bonchev–Trinajstić information content (AvgIpc) is 2.90. The number of hydrogen-bond acceptors (Lipinski definition) is 3. The number of aromatic nitrogens is 2. The van der Waals surface area contributed by atoms with Gasteiger partial charge in [0.25, 0.3) is 5.91 Å². The summed E-state index contributed by atoms with van der Waals surface area (Å²) in [5, 5.41) is 6.63. The second-order valence-electron chi connectivity index (χ2n) is 5.12. The van der Waals surface area contributed by atoms with E-state index in [2.05, 4.69) is 10.4 Å². The molecule has 2 unspecified atom stereocenters. The normalized spacial score (nSPS) is 21.0. The van der Waals surface area contributed by atoms with Crippen LogP contribution in [0.4, 0.5) is 19.0 Å². The van der Waals surface area contributed by atoms with Crippen molar-refractivity contribution in [3.63, 3.8) is 0 Å². The van der Waals surface area contributed by atoms with Gasteiger partial charge in [0.15, 0.2) is 6.04 Å². The van der Waals surface area contributed by atoms with Crippen LogP contribution in [0.1, 0.15) is 34.4 Å². The smallest absolute Gasteiger partial charge is 0.365 e. The van der Waals surface area contributed by atoms with Gasteiger partial charge in [-0.05, 0) is 5.56 Å². The number of halogens is 3. The minimum absolute atomic E-state index is 0.00919. The van der Waals surface area contributed by atoms with Crippen LogP contribution in [0.25, 0.3) is 0 Å². The fourth-order valence-electron chi connectivity index (χ4n) is 2.65. The minimum Gasteiger partial charge on any atom is -0.365 e. The van der Waals surface area contributed by atoms with Crippen molar-refractivity contribution >= 4 is 11.7 Å². The summed E-state index contributed by atoms with van der Waals surface area (Å²) in [6, 6.07) is 6.38. The van der Waals surface area contributed by atoms with E-state index in [0.29, 0.717) is 5.56 Å². The Morgan fingerprint density at radius 3 is 2.59 bits per heavy atom. The molecule has 8 heteroatoms. The molecule has 0 saturated carbocycles. The van der Waals surface area contributed by atoms with Crippen molar-refractivity contribution < 1.29 is 18.0 Å². The van der Waals surface area contributed by atoms with Crippen LogP contribution in [0.5, 0.6) is 0 Å². The fraction of sp³-hybridized carbons (Fsp3) is 0.286. The highest BCUT2D eigenvalue weighted by Crippen LogP contribution is 2.44. The Kier molecular flexibility index (Phi) is 3.31. The van der Waals surface area contributed by atoms with Crippen LogP contribution in [0.3, 0.4) is 0 Å². The van der Waals surface area contributed by atoms with Gasteiger partial charge in [0, 0.05) is 6.42 Å². The number of nitrogens with one attached hydrogen (secondary N) is 1. The molecule has 0 bridgehead atoms. The number of fused-ring (bicyclic) bond motifs is 1. The van der Waals surface area contributed by atoms with E-state index in [0.717, 1.165) is 10.9 Å². The quantitative estimate of drug-likeness (QED) is 0.895. The maximum absolute atomic E-state index is 13.3. The molecule has 2 heterocycles. The van der Waals surface area contributed by atoms with Gasteiger partial charge in [0.1, 0.15) is 11.4 Å². The topological polar surface area (TPSA) is 72.9 Å². The van der Waals surface area contributed by atoms with Gasteiger partial charge in [-0.15, -0.1) is 0 Å². The third-order valence-electron chi connectivity index (χ3n) is 3.71. The molecule has 0 spiro atoms. The first-order valence-corrected chi connectivity index (χ1v) is 6.63. The number of amides is 1. The second-order valence-corrected chi connectivity index (χ2v) is 5.12. The molecule has 116 valence electrons. The molecule has 2 atom stereocenters. The van der Waals surface area contributed by atoms with Crippen LogP contribution >= 0.6 is 0 Å². The molecule has 0 radical (unpaired) electrons. The number of carbonyl (C=O) groups is 1. The van der Waals surface area contributed by atoms with Crippen LogP contribution in [-0.2, 0) is 0 Å². The zero-order chi connectivity index (χ0) is 15.9. The van der Waals surface area contributed by atoms with Crippen molar-refractivity contribution in [3.05, 3.63) is 47.7 Å². The van der Waals surface area contributed by atoms with E-state index < -0.39 is 24.2 Å². The highest BCUT2D eigenvalue weighted by atomic mass is 19.4. The molecule has 0 fully saturated rings. The monoisotopic (exact) mass is 310 g/mol.